The third-order valence-corrected chi connectivity index (χ3v) is 4.73. The Kier molecular flexibility index (Phi) is 13.8. The van der Waals surface area contributed by atoms with Crippen molar-refractivity contribution in [3.8, 4) is 0 Å². The fourth-order valence-corrected chi connectivity index (χ4v) is 3.18. The van der Waals surface area contributed by atoms with Gasteiger partial charge in [-0.25, -0.2) is 0 Å². The molecule has 148 valence electrons. The average molecular weight is 380 g/mol. The van der Waals surface area contributed by atoms with E-state index in [1.807, 2.05) is 0 Å². The van der Waals surface area contributed by atoms with Gasteiger partial charge in [-0.2, -0.15) is 0 Å². The van der Waals surface area contributed by atoms with E-state index in [2.05, 4.69) is 0 Å². The van der Waals surface area contributed by atoms with Crippen LogP contribution in [0.3, 0.4) is 0 Å². The molecule has 2 N–H and O–H groups in total. The van der Waals surface area contributed by atoms with Gasteiger partial charge in [0.05, 0.1) is 13.2 Å². The van der Waals surface area contributed by atoms with Crippen molar-refractivity contribution < 1.29 is 33.4 Å². The van der Waals surface area contributed by atoms with E-state index < -0.39 is 25.5 Å². The summed E-state index contributed by atoms with van der Waals surface area (Å²) in [6.45, 7) is 3.91. The average Bonchev–Trinajstić information content (AvgIpc) is 2.52. The third kappa shape index (κ3) is 14.0. The van der Waals surface area contributed by atoms with E-state index in [0.29, 0.717) is 12.8 Å². The van der Waals surface area contributed by atoms with Crippen LogP contribution in [0.15, 0.2) is 0 Å². The van der Waals surface area contributed by atoms with E-state index in [0.717, 1.165) is 44.9 Å². The zero-order chi connectivity index (χ0) is 19.1. The lowest BCUT2D eigenvalue weighted by molar-refractivity contribution is -0.161. The lowest BCUT2D eigenvalue weighted by Crippen LogP contribution is -2.28. The Balaban J connectivity index is 3.79. The number of esters is 2. The molecule has 0 atom stereocenters. The molecule has 0 rings (SSSR count). The van der Waals surface area contributed by atoms with E-state index in [1.54, 1.807) is 13.8 Å². The summed E-state index contributed by atoms with van der Waals surface area (Å²) in [4.78, 5) is 41.1. The topological polar surface area (TPSA) is 110 Å². The highest BCUT2D eigenvalue weighted by Gasteiger charge is 2.28. The highest BCUT2D eigenvalue weighted by molar-refractivity contribution is 7.51. The first-order valence-corrected chi connectivity index (χ1v) is 11.0. The van der Waals surface area contributed by atoms with Crippen molar-refractivity contribution in [2.45, 2.75) is 71.6 Å². The second-order valence-corrected chi connectivity index (χ2v) is 7.84. The fraction of sp³-hybridized carbons (Fsp3) is 0.882. The number of hydrogen-bond donors (Lipinski definition) is 2. The molecule has 0 aliphatic carbocycles. The van der Waals surface area contributed by atoms with Gasteiger partial charge in [-0.3, -0.25) is 14.2 Å². The summed E-state index contributed by atoms with van der Waals surface area (Å²) in [5, 5.41) is 0. The second-order valence-electron chi connectivity index (χ2n) is 6.06. The standard InChI is InChI=1S/C17H33O7P/c1-3-23-16(18)15(17(19)24-4-2)13-11-9-7-5-6-8-10-12-14-25(20,21)22/h15H,3-14H2,1-2H3,(H2,20,21,22). The molecule has 25 heavy (non-hydrogen) atoms. The number of unbranched alkanes of at least 4 members (excludes halogenated alkanes) is 7. The minimum atomic E-state index is -3.85. The van der Waals surface area contributed by atoms with Crippen LogP contribution in [-0.4, -0.2) is 41.1 Å². The maximum Gasteiger partial charge on any atom is 0.325 e. The quantitative estimate of drug-likeness (QED) is 0.194. The van der Waals surface area contributed by atoms with Crippen molar-refractivity contribution in [1.82, 2.24) is 0 Å². The first-order chi connectivity index (χ1) is 11.8. The van der Waals surface area contributed by atoms with Crippen LogP contribution in [-0.2, 0) is 23.6 Å². The zero-order valence-electron chi connectivity index (χ0n) is 15.4. The molecule has 0 aromatic heterocycles. The van der Waals surface area contributed by atoms with E-state index >= 15 is 0 Å². The molecular formula is C17H33O7P. The Hall–Kier alpha value is -0.910. The smallest absolute Gasteiger partial charge is 0.325 e. The van der Waals surface area contributed by atoms with Crippen molar-refractivity contribution in [2.75, 3.05) is 19.4 Å². The molecule has 0 amide bonds. The first-order valence-electron chi connectivity index (χ1n) is 9.19. The predicted octanol–water partition coefficient (Wildman–Crippen LogP) is 3.42. The van der Waals surface area contributed by atoms with Gasteiger partial charge in [-0.15, -0.1) is 0 Å². The van der Waals surface area contributed by atoms with Gasteiger partial charge < -0.3 is 19.3 Å². The molecule has 0 bridgehead atoms. The third-order valence-electron chi connectivity index (χ3n) is 3.83. The van der Waals surface area contributed by atoms with Crippen molar-refractivity contribution in [3.63, 3.8) is 0 Å². The molecule has 8 heteroatoms. The molecule has 0 radical (unpaired) electrons. The maximum absolute atomic E-state index is 11.8. The van der Waals surface area contributed by atoms with E-state index in [1.165, 1.54) is 0 Å². The van der Waals surface area contributed by atoms with E-state index in [-0.39, 0.29) is 19.4 Å². The lowest BCUT2D eigenvalue weighted by Gasteiger charge is -2.14. The van der Waals surface area contributed by atoms with Gasteiger partial charge >= 0.3 is 19.5 Å². The number of rotatable bonds is 15. The molecule has 0 saturated carbocycles. The lowest BCUT2D eigenvalue weighted by atomic mass is 10.00. The van der Waals surface area contributed by atoms with Gasteiger partial charge in [0, 0.05) is 6.16 Å². The largest absolute Gasteiger partial charge is 0.465 e. The number of carbonyl (C=O) groups excluding carboxylic acids is 2. The second kappa shape index (κ2) is 14.3. The van der Waals surface area contributed by atoms with Crippen LogP contribution in [0.25, 0.3) is 0 Å². The molecule has 0 spiro atoms. The van der Waals surface area contributed by atoms with Crippen LogP contribution >= 0.6 is 7.60 Å². The van der Waals surface area contributed by atoms with Gasteiger partial charge in [-0.1, -0.05) is 44.9 Å². The number of hydrogen-bond acceptors (Lipinski definition) is 5. The van der Waals surface area contributed by atoms with Crippen LogP contribution in [0, 0.1) is 5.92 Å². The molecule has 0 unspecified atom stereocenters. The maximum atomic E-state index is 11.8. The van der Waals surface area contributed by atoms with Gasteiger partial charge in [0.15, 0.2) is 5.92 Å². The van der Waals surface area contributed by atoms with E-state index in [9.17, 15) is 14.2 Å². The van der Waals surface area contributed by atoms with Gasteiger partial charge in [-0.05, 0) is 26.7 Å². The predicted molar refractivity (Wildman–Crippen MR) is 95.2 cm³/mol. The van der Waals surface area contributed by atoms with E-state index in [4.69, 9.17) is 19.3 Å². The molecule has 0 aromatic carbocycles. The summed E-state index contributed by atoms with van der Waals surface area (Å²) in [6, 6.07) is 0. The van der Waals surface area contributed by atoms with Crippen LogP contribution < -0.4 is 0 Å². The fourth-order valence-electron chi connectivity index (χ4n) is 2.54. The van der Waals surface area contributed by atoms with Crippen LogP contribution in [0.4, 0.5) is 0 Å². The Bertz CT molecular complexity index is 401. The molecule has 0 saturated heterocycles. The highest BCUT2D eigenvalue weighted by Crippen LogP contribution is 2.35. The SMILES string of the molecule is CCOC(=O)C(CCCCCCCCCCP(=O)(O)O)C(=O)OCC. The molecule has 0 aromatic rings. The highest BCUT2D eigenvalue weighted by atomic mass is 31.2. The van der Waals surface area contributed by atoms with Gasteiger partial charge in [0.25, 0.3) is 0 Å². The summed E-state index contributed by atoms with van der Waals surface area (Å²) < 4.78 is 20.6. The Morgan fingerprint density at radius 2 is 1.20 bits per heavy atom. The molecule has 0 aliphatic heterocycles. The minimum absolute atomic E-state index is 0.0316. The summed E-state index contributed by atoms with van der Waals surface area (Å²) in [7, 11) is -3.85. The molecule has 0 heterocycles. The number of ether oxygens (including phenoxy) is 2. The molecular weight excluding hydrogens is 347 g/mol. The summed E-state index contributed by atoms with van der Waals surface area (Å²) >= 11 is 0. The summed E-state index contributed by atoms with van der Waals surface area (Å²) in [6.07, 6.45) is 7.54. The Morgan fingerprint density at radius 1 is 0.800 bits per heavy atom. The Morgan fingerprint density at radius 3 is 1.60 bits per heavy atom. The number of carbonyl (C=O) groups is 2. The normalized spacial score (nSPS) is 11.6. The van der Waals surface area contributed by atoms with Crippen LogP contribution in [0.1, 0.15) is 71.6 Å². The molecule has 0 aliphatic rings. The first kappa shape index (κ1) is 24.1. The molecule has 0 fully saturated rings. The monoisotopic (exact) mass is 380 g/mol. The van der Waals surface area contributed by atoms with Crippen LogP contribution in [0.5, 0.6) is 0 Å². The molecule has 7 nitrogen and oxygen atoms in total. The van der Waals surface area contributed by atoms with Crippen molar-refractivity contribution in [3.05, 3.63) is 0 Å². The van der Waals surface area contributed by atoms with Crippen molar-refractivity contribution >= 4 is 19.5 Å². The minimum Gasteiger partial charge on any atom is -0.465 e. The summed E-state index contributed by atoms with van der Waals surface area (Å²) in [5.41, 5.74) is 0. The van der Waals surface area contributed by atoms with Gasteiger partial charge in [0.2, 0.25) is 0 Å². The van der Waals surface area contributed by atoms with Gasteiger partial charge in [0.1, 0.15) is 0 Å². The van der Waals surface area contributed by atoms with Crippen molar-refractivity contribution in [2.24, 2.45) is 5.92 Å². The summed E-state index contributed by atoms with van der Waals surface area (Å²) in [5.74, 6) is -1.84. The van der Waals surface area contributed by atoms with Crippen LogP contribution in [0.2, 0.25) is 0 Å². The zero-order valence-corrected chi connectivity index (χ0v) is 16.3. The Labute approximate surface area is 150 Å². The van der Waals surface area contributed by atoms with Crippen molar-refractivity contribution in [1.29, 1.82) is 0 Å².